The Kier molecular flexibility index (Phi) is 10.6. The third kappa shape index (κ3) is 6.83. The molecular weight excluding hydrogens is 1080 g/mol. The van der Waals surface area contributed by atoms with Crippen LogP contribution in [0, 0.1) is 0 Å². The molecule has 4 atom stereocenters. The molecule has 7 heteroatoms. The van der Waals surface area contributed by atoms with Crippen molar-refractivity contribution in [2.75, 3.05) is 19.6 Å². The molecule has 0 amide bonds. The largest absolute Gasteiger partial charge is 0.454 e. The topological polar surface area (TPSA) is 39.2 Å². The summed E-state index contributed by atoms with van der Waals surface area (Å²) < 4.78 is 14.4. The minimum atomic E-state index is -0.269. The van der Waals surface area contributed by atoms with E-state index in [2.05, 4.69) is 284 Å². The maximum absolute atomic E-state index is 7.26. The van der Waals surface area contributed by atoms with Crippen molar-refractivity contribution in [2.45, 2.75) is 101 Å². The Balaban J connectivity index is 0.949. The van der Waals surface area contributed by atoms with Crippen LogP contribution in [-0.2, 0) is 10.8 Å². The molecule has 4 unspecified atom stereocenters. The maximum Gasteiger partial charge on any atom is 0.252 e. The summed E-state index contributed by atoms with van der Waals surface area (Å²) in [4.78, 5) is 10.8. The van der Waals surface area contributed by atoms with Gasteiger partial charge in [-0.25, -0.2) is 0 Å². The number of nitrogens with zero attached hydrogens (tertiary/aromatic N) is 4. The van der Waals surface area contributed by atoms with Gasteiger partial charge in [-0.05, 0) is 162 Å². The molecule has 4 aliphatic heterocycles. The minimum absolute atomic E-state index is 0.0176. The Morgan fingerprint density at radius 2 is 0.775 bits per heavy atom. The first kappa shape index (κ1) is 51.3. The van der Waals surface area contributed by atoms with E-state index in [4.69, 9.17) is 8.83 Å². The van der Waals surface area contributed by atoms with Gasteiger partial charge >= 0.3 is 0 Å². The van der Waals surface area contributed by atoms with Crippen LogP contribution in [0.15, 0.2) is 245 Å². The zero-order valence-corrected chi connectivity index (χ0v) is 50.9. The average molecular weight is 1150 g/mol. The summed E-state index contributed by atoms with van der Waals surface area (Å²) in [6.07, 6.45) is 9.22. The molecule has 430 valence electrons. The fourth-order valence-corrected chi connectivity index (χ4v) is 18.4. The average Bonchev–Trinajstić information content (AvgIpc) is 1.70. The lowest BCUT2D eigenvalue weighted by Crippen LogP contribution is -2.61. The third-order valence-corrected chi connectivity index (χ3v) is 23.1. The van der Waals surface area contributed by atoms with Gasteiger partial charge in [-0.15, -0.1) is 0 Å². The number of furan rings is 2. The van der Waals surface area contributed by atoms with Crippen molar-refractivity contribution in [1.82, 2.24) is 0 Å². The van der Waals surface area contributed by atoms with Crippen LogP contribution in [-0.4, -0.2) is 17.8 Å². The highest BCUT2D eigenvalue weighted by molar-refractivity contribution is 7.00. The lowest BCUT2D eigenvalue weighted by atomic mass is 9.33. The molecule has 6 aliphatic rings. The molecule has 2 fully saturated rings. The molecule has 0 N–H and O–H groups in total. The number of rotatable bonds is 6. The summed E-state index contributed by atoms with van der Waals surface area (Å²) in [6, 6.07) is 89.3. The van der Waals surface area contributed by atoms with Crippen molar-refractivity contribution < 1.29 is 8.83 Å². The van der Waals surface area contributed by atoms with Crippen LogP contribution in [0.4, 0.5) is 56.9 Å². The van der Waals surface area contributed by atoms with Crippen molar-refractivity contribution in [1.29, 1.82) is 0 Å². The zero-order valence-electron chi connectivity index (χ0n) is 50.9. The molecule has 0 spiro atoms. The standard InChI is InChI=1S/C82H67BN4O2/c1-79-43-17-19-45-81(79,3)86(66-32-14-13-31-62(66)79)56-39-41-65-71(49-56)85(69-34-22-30-61-59-28-12-16-36-75(59)89-78(61)69)73-51-57(87-67-42-38-54(52-23-7-5-8-24-52)47-63(67)80(2)44-18-20-46-82(80,87)4)50-72-76(73)83(65)64-40-37-55(53-25-9-6-10-26-53)48-70(64)84(72)68-33-21-29-60-58-27-11-15-35-74(58)88-77(60)68/h5-16,21-42,47-51H,17-20,43-46H2,1-4H3. The summed E-state index contributed by atoms with van der Waals surface area (Å²) in [6.45, 7) is 10.1. The first-order valence-corrected chi connectivity index (χ1v) is 32.4. The fourth-order valence-electron chi connectivity index (χ4n) is 18.4. The Morgan fingerprint density at radius 3 is 1.39 bits per heavy atom. The molecule has 89 heavy (non-hydrogen) atoms. The zero-order chi connectivity index (χ0) is 59.1. The highest BCUT2D eigenvalue weighted by atomic mass is 16.3. The van der Waals surface area contributed by atoms with E-state index in [0.29, 0.717) is 0 Å². The van der Waals surface area contributed by atoms with E-state index in [0.717, 1.165) is 110 Å². The van der Waals surface area contributed by atoms with E-state index < -0.39 is 0 Å². The molecule has 2 aliphatic carbocycles. The number of anilines is 10. The minimum Gasteiger partial charge on any atom is -0.454 e. The van der Waals surface area contributed by atoms with Gasteiger partial charge in [0.25, 0.3) is 6.71 Å². The molecule has 0 bridgehead atoms. The smallest absolute Gasteiger partial charge is 0.252 e. The summed E-state index contributed by atoms with van der Waals surface area (Å²) in [5.74, 6) is 0. The predicted octanol–water partition coefficient (Wildman–Crippen LogP) is 20.4. The Bertz CT molecular complexity index is 5130. The molecule has 2 aromatic heterocycles. The van der Waals surface area contributed by atoms with Gasteiger partial charge in [-0.2, -0.15) is 0 Å². The first-order valence-electron chi connectivity index (χ1n) is 32.4. The van der Waals surface area contributed by atoms with E-state index >= 15 is 0 Å². The SMILES string of the molecule is CC12CCCCC1(C)N(c1ccc3c(c1)N(c1cccc4c1oc1ccccc14)c1cc(N4c5ccc(-c6ccccc6)cc5C5(C)CCCCC45C)cc4c1B3c1ccc(-c3ccccc3)cc1N4c1cccc3c1oc1ccccc13)c1ccccc12. The van der Waals surface area contributed by atoms with Gasteiger partial charge in [0.15, 0.2) is 11.2 Å². The first-order chi connectivity index (χ1) is 43.6. The van der Waals surface area contributed by atoms with E-state index in [9.17, 15) is 0 Å². The number of hydrogen-bond acceptors (Lipinski definition) is 6. The summed E-state index contributed by atoms with van der Waals surface area (Å²) in [7, 11) is 0. The summed E-state index contributed by atoms with van der Waals surface area (Å²) in [5.41, 5.74) is 26.1. The van der Waals surface area contributed by atoms with Crippen LogP contribution in [0.5, 0.6) is 0 Å². The number of hydrogen-bond donors (Lipinski definition) is 0. The van der Waals surface area contributed by atoms with Gasteiger partial charge in [0, 0.05) is 77.9 Å². The van der Waals surface area contributed by atoms with Gasteiger partial charge in [-0.1, -0.05) is 203 Å². The second-order valence-electron chi connectivity index (χ2n) is 27.3. The molecular formula is C82H67BN4O2. The molecule has 11 aromatic carbocycles. The Hall–Kier alpha value is -9.72. The van der Waals surface area contributed by atoms with Crippen LogP contribution in [0.2, 0.25) is 0 Å². The van der Waals surface area contributed by atoms with Crippen LogP contribution < -0.4 is 36.0 Å². The fraction of sp³-hybridized carbons (Fsp3) is 0.195. The van der Waals surface area contributed by atoms with Gasteiger partial charge in [0.1, 0.15) is 11.2 Å². The van der Waals surface area contributed by atoms with E-state index in [-0.39, 0.29) is 28.6 Å². The van der Waals surface area contributed by atoms with E-state index in [1.54, 1.807) is 0 Å². The van der Waals surface area contributed by atoms with Crippen LogP contribution in [0.25, 0.3) is 66.1 Å². The second kappa shape index (κ2) is 18.4. The van der Waals surface area contributed by atoms with Crippen molar-refractivity contribution in [2.24, 2.45) is 0 Å². The van der Waals surface area contributed by atoms with Gasteiger partial charge < -0.3 is 28.4 Å². The molecule has 13 aromatic rings. The molecule has 19 rings (SSSR count). The van der Waals surface area contributed by atoms with Gasteiger partial charge in [-0.3, -0.25) is 0 Å². The number of para-hydroxylation sites is 5. The lowest BCUT2D eigenvalue weighted by molar-refractivity contribution is 0.195. The molecule has 0 saturated heterocycles. The molecule has 6 heterocycles. The van der Waals surface area contributed by atoms with Gasteiger partial charge in [0.2, 0.25) is 0 Å². The summed E-state index contributed by atoms with van der Waals surface area (Å²) >= 11 is 0. The van der Waals surface area contributed by atoms with Gasteiger partial charge in [0.05, 0.1) is 22.5 Å². The maximum atomic E-state index is 7.26. The normalized spacial score (nSPS) is 22.1. The highest BCUT2D eigenvalue weighted by Crippen LogP contribution is 2.64. The van der Waals surface area contributed by atoms with Crippen LogP contribution >= 0.6 is 0 Å². The Labute approximate surface area is 520 Å². The van der Waals surface area contributed by atoms with E-state index in [1.165, 1.54) is 91.8 Å². The molecule has 6 nitrogen and oxygen atoms in total. The lowest BCUT2D eigenvalue weighted by Gasteiger charge is -2.51. The van der Waals surface area contributed by atoms with Crippen molar-refractivity contribution >= 4 is 124 Å². The molecule has 2 saturated carbocycles. The summed E-state index contributed by atoms with van der Waals surface area (Å²) in [5, 5.41) is 4.43. The quantitative estimate of drug-likeness (QED) is 0.155. The van der Waals surface area contributed by atoms with Crippen molar-refractivity contribution in [3.8, 4) is 22.3 Å². The second-order valence-corrected chi connectivity index (χ2v) is 27.3. The van der Waals surface area contributed by atoms with Crippen molar-refractivity contribution in [3.05, 3.63) is 248 Å². The van der Waals surface area contributed by atoms with Crippen LogP contribution in [0.3, 0.4) is 0 Å². The van der Waals surface area contributed by atoms with Crippen LogP contribution in [0.1, 0.15) is 90.2 Å². The van der Waals surface area contributed by atoms with E-state index in [1.807, 2.05) is 0 Å². The third-order valence-electron chi connectivity index (χ3n) is 23.1. The highest BCUT2D eigenvalue weighted by Gasteiger charge is 2.60. The van der Waals surface area contributed by atoms with Crippen molar-refractivity contribution in [3.63, 3.8) is 0 Å². The Morgan fingerprint density at radius 1 is 0.326 bits per heavy atom. The number of fused-ring (bicyclic) bond motifs is 16. The molecule has 0 radical (unpaired) electrons. The predicted molar refractivity (Wildman–Crippen MR) is 372 cm³/mol. The monoisotopic (exact) mass is 1150 g/mol. The number of benzene rings is 11.